The van der Waals surface area contributed by atoms with Crippen molar-refractivity contribution in [3.63, 3.8) is 0 Å². The van der Waals surface area contributed by atoms with Gasteiger partial charge in [-0.05, 0) is 42.3 Å². The topological polar surface area (TPSA) is 26.3 Å². The highest BCUT2D eigenvalue weighted by Gasteiger charge is 2.20. The van der Waals surface area contributed by atoms with Crippen LogP contribution in [-0.4, -0.2) is 12.9 Å². The summed E-state index contributed by atoms with van der Waals surface area (Å²) in [5.41, 5.74) is 1.85. The highest BCUT2D eigenvalue weighted by atomic mass is 32.2. The van der Waals surface area contributed by atoms with Crippen molar-refractivity contribution in [3.05, 3.63) is 58.5 Å². The van der Waals surface area contributed by atoms with Crippen LogP contribution in [0.25, 0.3) is 0 Å². The Morgan fingerprint density at radius 1 is 1.33 bits per heavy atom. The van der Waals surface area contributed by atoms with E-state index in [0.29, 0.717) is 0 Å². The van der Waals surface area contributed by atoms with Crippen molar-refractivity contribution in [1.82, 2.24) is 0 Å². The van der Waals surface area contributed by atoms with Crippen LogP contribution in [0.15, 0.2) is 57.9 Å². The molecule has 1 aliphatic carbocycles. The zero-order valence-electron chi connectivity index (χ0n) is 9.97. The van der Waals surface area contributed by atoms with Crippen LogP contribution in [0.1, 0.15) is 16.8 Å². The maximum Gasteiger partial charge on any atom is 0.187 e. The molecule has 1 aliphatic heterocycles. The lowest BCUT2D eigenvalue weighted by atomic mass is 10.0. The predicted octanol–water partition coefficient (Wildman–Crippen LogP) is 3.75. The Morgan fingerprint density at radius 3 is 3.06 bits per heavy atom. The Bertz CT molecular complexity index is 609. The summed E-state index contributed by atoms with van der Waals surface area (Å²) >= 11 is 1.64. The molecule has 90 valence electrons. The van der Waals surface area contributed by atoms with E-state index in [1.165, 1.54) is 0 Å². The van der Waals surface area contributed by atoms with Crippen LogP contribution in [0.5, 0.6) is 5.75 Å². The fraction of sp³-hybridized carbons (Fsp3) is 0.133. The van der Waals surface area contributed by atoms with Crippen molar-refractivity contribution < 1.29 is 9.53 Å². The number of carbonyl (C=O) groups is 1. The summed E-state index contributed by atoms with van der Waals surface area (Å²) in [5.74, 6) is 0.860. The number of ketones is 1. The SMILES string of the molecule is COc1ccc2c(c1)SC1=CC=CCC1=CC2=O. The summed E-state index contributed by atoms with van der Waals surface area (Å²) in [4.78, 5) is 14.3. The number of benzene rings is 1. The van der Waals surface area contributed by atoms with Gasteiger partial charge < -0.3 is 4.74 Å². The van der Waals surface area contributed by atoms with E-state index < -0.39 is 0 Å². The Balaban J connectivity index is 2.12. The molecule has 0 unspecified atom stereocenters. The van der Waals surface area contributed by atoms with Crippen LogP contribution in [0.2, 0.25) is 0 Å². The van der Waals surface area contributed by atoms with Crippen LogP contribution in [0.3, 0.4) is 0 Å². The molecule has 0 saturated heterocycles. The Labute approximate surface area is 110 Å². The largest absolute Gasteiger partial charge is 0.497 e. The van der Waals surface area contributed by atoms with Gasteiger partial charge in [-0.2, -0.15) is 0 Å². The van der Waals surface area contributed by atoms with Gasteiger partial charge >= 0.3 is 0 Å². The van der Waals surface area contributed by atoms with E-state index in [9.17, 15) is 4.79 Å². The minimum atomic E-state index is 0.0776. The average Bonchev–Trinajstić information content (AvgIpc) is 2.54. The normalized spacial score (nSPS) is 17.3. The fourth-order valence-electron chi connectivity index (χ4n) is 2.06. The highest BCUT2D eigenvalue weighted by Crippen LogP contribution is 2.41. The third kappa shape index (κ3) is 1.91. The van der Waals surface area contributed by atoms with Gasteiger partial charge in [0.2, 0.25) is 0 Å². The summed E-state index contributed by atoms with van der Waals surface area (Å²) in [6.07, 6.45) is 8.74. The number of hydrogen-bond donors (Lipinski definition) is 0. The molecule has 0 N–H and O–H groups in total. The quantitative estimate of drug-likeness (QED) is 0.765. The first-order valence-electron chi connectivity index (χ1n) is 5.76. The number of allylic oxidation sites excluding steroid dienone is 5. The molecule has 1 aromatic rings. The van der Waals surface area contributed by atoms with Crippen LogP contribution in [0, 0.1) is 0 Å². The average molecular weight is 256 g/mol. The molecule has 2 nitrogen and oxygen atoms in total. The third-order valence-corrected chi connectivity index (χ3v) is 4.19. The summed E-state index contributed by atoms with van der Waals surface area (Å²) in [6.45, 7) is 0. The van der Waals surface area contributed by atoms with Crippen molar-refractivity contribution in [2.45, 2.75) is 11.3 Å². The van der Waals surface area contributed by atoms with Gasteiger partial charge in [0.15, 0.2) is 5.78 Å². The van der Waals surface area contributed by atoms with E-state index in [1.807, 2.05) is 24.3 Å². The number of thioether (sulfide) groups is 1. The zero-order chi connectivity index (χ0) is 12.5. The van der Waals surface area contributed by atoms with Crippen molar-refractivity contribution in [3.8, 4) is 5.75 Å². The smallest absolute Gasteiger partial charge is 0.187 e. The minimum Gasteiger partial charge on any atom is -0.497 e. The third-order valence-electron chi connectivity index (χ3n) is 3.02. The maximum atomic E-state index is 12.2. The first-order valence-corrected chi connectivity index (χ1v) is 6.57. The monoisotopic (exact) mass is 256 g/mol. The highest BCUT2D eigenvalue weighted by molar-refractivity contribution is 8.03. The molecule has 3 rings (SSSR count). The molecule has 0 atom stereocenters. The minimum absolute atomic E-state index is 0.0776. The lowest BCUT2D eigenvalue weighted by Crippen LogP contribution is -1.97. The van der Waals surface area contributed by atoms with E-state index >= 15 is 0 Å². The van der Waals surface area contributed by atoms with Gasteiger partial charge in [0.05, 0.1) is 7.11 Å². The van der Waals surface area contributed by atoms with E-state index in [1.54, 1.807) is 24.9 Å². The van der Waals surface area contributed by atoms with Crippen LogP contribution >= 0.6 is 11.8 Å². The van der Waals surface area contributed by atoms with Crippen molar-refractivity contribution in [1.29, 1.82) is 0 Å². The van der Waals surface area contributed by atoms with E-state index in [2.05, 4.69) is 12.2 Å². The van der Waals surface area contributed by atoms with Crippen LogP contribution in [-0.2, 0) is 0 Å². The first-order chi connectivity index (χ1) is 8.78. The van der Waals surface area contributed by atoms with Gasteiger partial charge in [-0.3, -0.25) is 4.79 Å². The second-order valence-corrected chi connectivity index (χ2v) is 5.24. The molecular weight excluding hydrogens is 244 g/mol. The molecule has 2 aliphatic rings. The standard InChI is InChI=1S/C15H12O2S/c1-17-11-6-7-12-13(16)8-10-4-2-3-5-14(10)18-15(12)9-11/h2-3,5-9H,4H2,1H3. The van der Waals surface area contributed by atoms with E-state index in [-0.39, 0.29) is 5.78 Å². The first kappa shape index (κ1) is 11.4. The van der Waals surface area contributed by atoms with Gasteiger partial charge in [-0.25, -0.2) is 0 Å². The lowest BCUT2D eigenvalue weighted by molar-refractivity contribution is 0.104. The van der Waals surface area contributed by atoms with Gasteiger partial charge in [-0.1, -0.05) is 23.9 Å². The molecule has 0 fully saturated rings. The van der Waals surface area contributed by atoms with Crippen molar-refractivity contribution >= 4 is 17.5 Å². The Morgan fingerprint density at radius 2 is 2.22 bits per heavy atom. The second kappa shape index (κ2) is 4.50. The lowest BCUT2D eigenvalue weighted by Gasteiger charge is -2.11. The van der Waals surface area contributed by atoms with Gasteiger partial charge in [0, 0.05) is 15.4 Å². The molecule has 0 radical (unpaired) electrons. The molecule has 3 heteroatoms. The van der Waals surface area contributed by atoms with Gasteiger partial charge in [-0.15, -0.1) is 0 Å². The molecule has 18 heavy (non-hydrogen) atoms. The summed E-state index contributed by atoms with van der Waals surface area (Å²) in [7, 11) is 1.64. The molecule has 0 aromatic heterocycles. The molecule has 1 heterocycles. The van der Waals surface area contributed by atoms with Crippen LogP contribution in [0.4, 0.5) is 0 Å². The summed E-state index contributed by atoms with van der Waals surface area (Å²) in [5, 5.41) is 0. The van der Waals surface area contributed by atoms with Gasteiger partial charge in [0.25, 0.3) is 0 Å². The molecular formula is C15H12O2S. The zero-order valence-corrected chi connectivity index (χ0v) is 10.8. The predicted molar refractivity (Wildman–Crippen MR) is 73.1 cm³/mol. The maximum absolute atomic E-state index is 12.2. The molecule has 0 saturated carbocycles. The Kier molecular flexibility index (Phi) is 2.84. The molecule has 0 amide bonds. The van der Waals surface area contributed by atoms with Crippen molar-refractivity contribution in [2.75, 3.05) is 7.11 Å². The van der Waals surface area contributed by atoms with E-state index in [0.717, 1.165) is 33.1 Å². The van der Waals surface area contributed by atoms with Crippen LogP contribution < -0.4 is 4.74 Å². The fourth-order valence-corrected chi connectivity index (χ4v) is 3.17. The summed E-state index contributed by atoms with van der Waals surface area (Å²) < 4.78 is 5.22. The number of ether oxygens (including phenoxy) is 1. The molecule has 1 aromatic carbocycles. The molecule has 0 spiro atoms. The number of carbonyl (C=O) groups excluding carboxylic acids is 1. The van der Waals surface area contributed by atoms with Gasteiger partial charge in [0.1, 0.15) is 5.75 Å². The number of hydrogen-bond acceptors (Lipinski definition) is 3. The number of rotatable bonds is 1. The summed E-state index contributed by atoms with van der Waals surface area (Å²) in [6, 6.07) is 5.59. The Hall–Kier alpha value is -1.74. The molecule has 0 bridgehead atoms. The number of fused-ring (bicyclic) bond motifs is 2. The second-order valence-electron chi connectivity index (χ2n) is 4.16. The number of methoxy groups -OCH3 is 1. The van der Waals surface area contributed by atoms with Crippen molar-refractivity contribution in [2.24, 2.45) is 0 Å². The van der Waals surface area contributed by atoms with E-state index in [4.69, 9.17) is 4.74 Å².